The topological polar surface area (TPSA) is 99.9 Å². The molecule has 0 radical (unpaired) electrons. The van der Waals surface area contributed by atoms with Crippen LogP contribution in [-0.2, 0) is 11.2 Å². The Morgan fingerprint density at radius 2 is 1.69 bits per heavy atom. The molecule has 0 bridgehead atoms. The first-order chi connectivity index (χ1) is 15.4. The van der Waals surface area contributed by atoms with E-state index in [0.717, 1.165) is 16.9 Å². The second kappa shape index (κ2) is 10.5. The average Bonchev–Trinajstić information content (AvgIpc) is 2.78. The Labute approximate surface area is 191 Å². The minimum Gasteiger partial charge on any atom is -0.496 e. The maximum Gasteiger partial charge on any atom is 0.255 e. The smallest absolute Gasteiger partial charge is 0.255 e. The van der Waals surface area contributed by atoms with Gasteiger partial charge in [-0.3, -0.25) is 9.59 Å². The molecule has 3 aromatic rings. The quantitative estimate of drug-likeness (QED) is 0.507. The van der Waals surface area contributed by atoms with E-state index in [1.165, 1.54) is 19.2 Å². The average molecular weight is 455 g/mol. The molecule has 0 aliphatic carbocycles. The highest BCUT2D eigenvalue weighted by Gasteiger charge is 2.17. The van der Waals surface area contributed by atoms with Crippen LogP contribution in [0.2, 0.25) is 5.02 Å². The van der Waals surface area contributed by atoms with E-state index in [0.29, 0.717) is 12.1 Å². The minimum atomic E-state index is -0.657. The second-order valence-electron chi connectivity index (χ2n) is 6.89. The van der Waals surface area contributed by atoms with Gasteiger partial charge in [0.05, 0.1) is 19.2 Å². The van der Waals surface area contributed by atoms with Gasteiger partial charge < -0.3 is 25.3 Å². The fraction of sp³-hybridized carbons (Fsp3) is 0.167. The number of primary amides is 1. The van der Waals surface area contributed by atoms with Crippen LogP contribution < -0.4 is 25.3 Å². The van der Waals surface area contributed by atoms with Crippen molar-refractivity contribution in [1.29, 1.82) is 0 Å². The monoisotopic (exact) mass is 454 g/mol. The Kier molecular flexibility index (Phi) is 7.57. The van der Waals surface area contributed by atoms with Gasteiger partial charge in [0.2, 0.25) is 0 Å². The Balaban J connectivity index is 1.83. The van der Waals surface area contributed by atoms with Crippen LogP contribution in [0.4, 0.5) is 5.69 Å². The van der Waals surface area contributed by atoms with Gasteiger partial charge in [-0.25, -0.2) is 0 Å². The van der Waals surface area contributed by atoms with E-state index in [1.807, 2.05) is 42.5 Å². The molecule has 0 aliphatic heterocycles. The summed E-state index contributed by atoms with van der Waals surface area (Å²) >= 11 is 6.25. The first-order valence-corrected chi connectivity index (χ1v) is 10.1. The van der Waals surface area contributed by atoms with Gasteiger partial charge in [-0.2, -0.15) is 0 Å². The molecule has 0 unspecified atom stereocenters. The van der Waals surface area contributed by atoms with E-state index in [4.69, 9.17) is 31.5 Å². The lowest BCUT2D eigenvalue weighted by atomic mass is 10.0. The number of nitrogens with one attached hydrogen (secondary N) is 1. The largest absolute Gasteiger partial charge is 0.496 e. The molecule has 0 saturated carbocycles. The number of carbonyl (C=O) groups is 2. The Bertz CT molecular complexity index is 1120. The zero-order chi connectivity index (χ0) is 23.1. The number of rotatable bonds is 9. The molecule has 0 saturated heterocycles. The molecule has 2 amide bonds. The molecule has 8 heteroatoms. The van der Waals surface area contributed by atoms with E-state index in [1.54, 1.807) is 13.2 Å². The van der Waals surface area contributed by atoms with Crippen molar-refractivity contribution in [1.82, 2.24) is 0 Å². The lowest BCUT2D eigenvalue weighted by Gasteiger charge is -2.14. The fourth-order valence-corrected chi connectivity index (χ4v) is 3.41. The number of halogens is 1. The zero-order valence-corrected chi connectivity index (χ0v) is 18.4. The third-order valence-electron chi connectivity index (χ3n) is 4.63. The Morgan fingerprint density at radius 3 is 2.34 bits per heavy atom. The summed E-state index contributed by atoms with van der Waals surface area (Å²) in [4.78, 5) is 23.9. The third kappa shape index (κ3) is 5.70. The number of methoxy groups -OCH3 is 2. The Morgan fingerprint density at radius 1 is 0.969 bits per heavy atom. The number of nitrogens with two attached hydrogens (primary N) is 1. The van der Waals surface area contributed by atoms with Gasteiger partial charge in [-0.05, 0) is 35.9 Å². The summed E-state index contributed by atoms with van der Waals surface area (Å²) in [6, 6.07) is 18.3. The number of anilines is 1. The highest BCUT2D eigenvalue weighted by Crippen LogP contribution is 2.36. The highest BCUT2D eigenvalue weighted by atomic mass is 35.5. The second-order valence-corrected chi connectivity index (χ2v) is 7.29. The van der Waals surface area contributed by atoms with Crippen molar-refractivity contribution in [2.75, 3.05) is 26.1 Å². The molecule has 0 aliphatic rings. The van der Waals surface area contributed by atoms with Gasteiger partial charge in [-0.15, -0.1) is 0 Å². The van der Waals surface area contributed by atoms with Crippen LogP contribution in [0.25, 0.3) is 0 Å². The molecular weight excluding hydrogens is 432 g/mol. The maximum atomic E-state index is 12.9. The minimum absolute atomic E-state index is 0.121. The Hall–Kier alpha value is -3.71. The van der Waals surface area contributed by atoms with Crippen LogP contribution in [0.15, 0.2) is 60.7 Å². The zero-order valence-electron chi connectivity index (χ0n) is 17.7. The molecule has 0 aromatic heterocycles. The molecular formula is C24H23ClN2O5. The van der Waals surface area contributed by atoms with Gasteiger partial charge in [0.1, 0.15) is 5.75 Å². The molecule has 3 aromatic carbocycles. The van der Waals surface area contributed by atoms with Crippen LogP contribution in [0.1, 0.15) is 21.5 Å². The fourth-order valence-electron chi connectivity index (χ4n) is 3.15. The van der Waals surface area contributed by atoms with Crippen molar-refractivity contribution in [3.8, 4) is 17.2 Å². The molecule has 0 atom stereocenters. The number of amides is 2. The van der Waals surface area contributed by atoms with Gasteiger partial charge >= 0.3 is 0 Å². The molecule has 32 heavy (non-hydrogen) atoms. The van der Waals surface area contributed by atoms with Gasteiger partial charge in [-0.1, -0.05) is 41.9 Å². The van der Waals surface area contributed by atoms with Gasteiger partial charge in [0.15, 0.2) is 18.1 Å². The molecule has 3 rings (SSSR count). The highest BCUT2D eigenvalue weighted by molar-refractivity contribution is 6.32. The standard InChI is InChI=1S/C24H23ClN2O5/c1-30-20-9-8-18(11-16(20)10-15-6-4-3-5-7-15)27-24(29)17-12-19(25)23(21(13-17)31-2)32-14-22(26)28/h3-9,11-13H,10,14H2,1-2H3,(H2,26,28)(H,27,29). The van der Waals surface area contributed by atoms with Crippen molar-refractivity contribution < 1.29 is 23.8 Å². The van der Waals surface area contributed by atoms with E-state index < -0.39 is 5.91 Å². The van der Waals surface area contributed by atoms with E-state index >= 15 is 0 Å². The summed E-state index contributed by atoms with van der Waals surface area (Å²) in [5.41, 5.74) is 8.03. The number of ether oxygens (including phenoxy) is 3. The lowest BCUT2D eigenvalue weighted by Crippen LogP contribution is -2.20. The molecule has 0 spiro atoms. The van der Waals surface area contributed by atoms with Crippen molar-refractivity contribution in [2.45, 2.75) is 6.42 Å². The lowest BCUT2D eigenvalue weighted by molar-refractivity contribution is -0.119. The van der Waals surface area contributed by atoms with Gasteiger partial charge in [0.25, 0.3) is 11.8 Å². The first-order valence-electron chi connectivity index (χ1n) is 9.72. The number of carbonyl (C=O) groups excluding carboxylic acids is 2. The van der Waals surface area contributed by atoms with Crippen molar-refractivity contribution in [3.05, 3.63) is 82.4 Å². The molecule has 3 N–H and O–H groups in total. The van der Waals surface area contributed by atoms with Crippen molar-refractivity contribution in [3.63, 3.8) is 0 Å². The van der Waals surface area contributed by atoms with Crippen LogP contribution in [0.5, 0.6) is 17.2 Å². The maximum absolute atomic E-state index is 12.9. The summed E-state index contributed by atoms with van der Waals surface area (Å²) < 4.78 is 16.0. The predicted molar refractivity (Wildman–Crippen MR) is 123 cm³/mol. The van der Waals surface area contributed by atoms with Crippen LogP contribution >= 0.6 is 11.6 Å². The van der Waals surface area contributed by atoms with E-state index in [-0.39, 0.29) is 34.6 Å². The number of hydrogen-bond acceptors (Lipinski definition) is 5. The summed E-state index contributed by atoms with van der Waals surface area (Å²) in [6.45, 7) is -0.363. The number of hydrogen-bond donors (Lipinski definition) is 2. The molecule has 0 fully saturated rings. The summed E-state index contributed by atoms with van der Waals surface area (Å²) in [5, 5.41) is 2.98. The summed E-state index contributed by atoms with van der Waals surface area (Å²) in [7, 11) is 3.02. The summed E-state index contributed by atoms with van der Waals surface area (Å²) in [6.07, 6.45) is 0.652. The SMILES string of the molecule is COc1ccc(NC(=O)c2cc(Cl)c(OCC(N)=O)c(OC)c2)cc1Cc1ccccc1. The molecule has 0 heterocycles. The first kappa shape index (κ1) is 23.0. The van der Waals surface area contributed by atoms with Gasteiger partial charge in [0, 0.05) is 23.2 Å². The number of benzene rings is 3. The van der Waals surface area contributed by atoms with E-state index in [2.05, 4.69) is 5.32 Å². The predicted octanol–water partition coefficient (Wildman–Crippen LogP) is 4.06. The normalized spacial score (nSPS) is 10.3. The molecule has 7 nitrogen and oxygen atoms in total. The van der Waals surface area contributed by atoms with Crippen LogP contribution in [-0.4, -0.2) is 32.6 Å². The molecule has 166 valence electrons. The van der Waals surface area contributed by atoms with Crippen LogP contribution in [0.3, 0.4) is 0 Å². The van der Waals surface area contributed by atoms with Crippen LogP contribution in [0, 0.1) is 0 Å². The van der Waals surface area contributed by atoms with E-state index in [9.17, 15) is 9.59 Å². The van der Waals surface area contributed by atoms with Crippen molar-refractivity contribution >= 4 is 29.1 Å². The third-order valence-corrected chi connectivity index (χ3v) is 4.91. The van der Waals surface area contributed by atoms with Crippen molar-refractivity contribution in [2.24, 2.45) is 5.73 Å². The summed E-state index contributed by atoms with van der Waals surface area (Å²) in [5.74, 6) is 0.0354.